The Labute approximate surface area is 75.5 Å². The first-order valence-corrected chi connectivity index (χ1v) is 4.57. The number of halogens is 3. The van der Waals surface area contributed by atoms with Crippen LogP contribution in [0, 0.1) is 0 Å². The molecule has 9 heavy (non-hydrogen) atoms. The van der Waals surface area contributed by atoms with E-state index in [4.69, 9.17) is 0 Å². The molecule has 1 aliphatic carbocycles. The van der Waals surface area contributed by atoms with Crippen molar-refractivity contribution in [1.82, 2.24) is 0 Å². The highest BCUT2D eigenvalue weighted by Crippen LogP contribution is 2.23. The molecule has 1 rings (SSSR count). The lowest BCUT2D eigenvalue weighted by Gasteiger charge is -2.10. The summed E-state index contributed by atoms with van der Waals surface area (Å²) in [4.78, 5) is 0. The van der Waals surface area contributed by atoms with Crippen molar-refractivity contribution in [3.8, 4) is 0 Å². The standard InChI is InChI=1S/C6H5BrFI/c7-4-1-2-6(9)5(8)3-4/h1-3,5-6H/t5?,6-/m0/s1. The average Bonchev–Trinajstić information content (AvgIpc) is 1.80. The minimum absolute atomic E-state index is 0.00361. The molecule has 0 amide bonds. The van der Waals surface area contributed by atoms with Gasteiger partial charge >= 0.3 is 0 Å². The van der Waals surface area contributed by atoms with Crippen LogP contribution in [0.1, 0.15) is 0 Å². The van der Waals surface area contributed by atoms with Crippen molar-refractivity contribution in [3.05, 3.63) is 22.7 Å². The molecule has 0 aromatic carbocycles. The molecule has 0 saturated heterocycles. The van der Waals surface area contributed by atoms with Crippen LogP contribution in [-0.2, 0) is 0 Å². The monoisotopic (exact) mass is 302 g/mol. The number of hydrogen-bond donors (Lipinski definition) is 0. The van der Waals surface area contributed by atoms with Crippen LogP contribution in [0.5, 0.6) is 0 Å². The number of rotatable bonds is 0. The quantitative estimate of drug-likeness (QED) is 0.477. The minimum atomic E-state index is -0.829. The van der Waals surface area contributed by atoms with Crippen LogP contribution in [0.2, 0.25) is 0 Å². The van der Waals surface area contributed by atoms with Gasteiger partial charge in [-0.1, -0.05) is 50.7 Å². The molecule has 0 aromatic heterocycles. The molecule has 50 valence electrons. The molecular weight excluding hydrogens is 298 g/mol. The first-order valence-electron chi connectivity index (χ1n) is 2.54. The zero-order valence-corrected chi connectivity index (χ0v) is 8.26. The predicted molar refractivity (Wildman–Crippen MR) is 48.9 cm³/mol. The van der Waals surface area contributed by atoms with Crippen LogP contribution >= 0.6 is 38.5 Å². The second kappa shape index (κ2) is 3.14. The third-order valence-corrected chi connectivity index (χ3v) is 2.69. The van der Waals surface area contributed by atoms with Gasteiger partial charge in [-0.2, -0.15) is 0 Å². The molecule has 0 aromatic rings. The van der Waals surface area contributed by atoms with Gasteiger partial charge in [0.2, 0.25) is 0 Å². The second-order valence-corrected chi connectivity index (χ2v) is 4.15. The van der Waals surface area contributed by atoms with Crippen LogP contribution in [0.25, 0.3) is 0 Å². The maximum atomic E-state index is 12.7. The Balaban J connectivity index is 2.70. The summed E-state index contributed by atoms with van der Waals surface area (Å²) < 4.78 is 13.5. The maximum Gasteiger partial charge on any atom is 0.135 e. The number of hydrogen-bond acceptors (Lipinski definition) is 0. The number of alkyl halides is 2. The van der Waals surface area contributed by atoms with Crippen LogP contribution in [0.15, 0.2) is 22.7 Å². The van der Waals surface area contributed by atoms with E-state index in [1.54, 1.807) is 6.08 Å². The average molecular weight is 303 g/mol. The molecule has 0 nitrogen and oxygen atoms in total. The van der Waals surface area contributed by atoms with Crippen LogP contribution < -0.4 is 0 Å². The highest BCUT2D eigenvalue weighted by atomic mass is 127. The van der Waals surface area contributed by atoms with E-state index >= 15 is 0 Å². The summed E-state index contributed by atoms with van der Waals surface area (Å²) in [5.74, 6) is 0. The van der Waals surface area contributed by atoms with Gasteiger partial charge in [0.05, 0.1) is 3.92 Å². The first-order chi connectivity index (χ1) is 4.20. The van der Waals surface area contributed by atoms with Crippen molar-refractivity contribution in [2.75, 3.05) is 0 Å². The lowest BCUT2D eigenvalue weighted by Crippen LogP contribution is -2.12. The zero-order valence-electron chi connectivity index (χ0n) is 4.52. The van der Waals surface area contributed by atoms with Gasteiger partial charge in [-0.3, -0.25) is 0 Å². The van der Waals surface area contributed by atoms with Crippen molar-refractivity contribution in [1.29, 1.82) is 0 Å². The molecule has 2 atom stereocenters. The van der Waals surface area contributed by atoms with Crippen molar-refractivity contribution >= 4 is 38.5 Å². The molecule has 3 heteroatoms. The van der Waals surface area contributed by atoms with Gasteiger partial charge in [0.15, 0.2) is 0 Å². The smallest absolute Gasteiger partial charge is 0.135 e. The molecule has 0 aliphatic heterocycles. The molecule has 0 fully saturated rings. The Morgan fingerprint density at radius 3 is 2.78 bits per heavy atom. The Bertz CT molecular complexity index is 164. The maximum absolute atomic E-state index is 12.7. The molecule has 0 spiro atoms. The van der Waals surface area contributed by atoms with E-state index in [9.17, 15) is 4.39 Å². The largest absolute Gasteiger partial charge is 0.241 e. The topological polar surface area (TPSA) is 0 Å². The van der Waals surface area contributed by atoms with Gasteiger partial charge in [-0.15, -0.1) is 0 Å². The third-order valence-electron chi connectivity index (χ3n) is 1.06. The molecule has 0 bridgehead atoms. The summed E-state index contributed by atoms with van der Waals surface area (Å²) in [6, 6.07) is 0. The predicted octanol–water partition coefficient (Wildman–Crippen LogP) is 2.98. The number of allylic oxidation sites excluding steroid dienone is 4. The van der Waals surface area contributed by atoms with Gasteiger partial charge in [0.1, 0.15) is 6.17 Å². The zero-order chi connectivity index (χ0) is 6.85. The molecule has 1 unspecified atom stereocenters. The fraction of sp³-hybridized carbons (Fsp3) is 0.333. The van der Waals surface area contributed by atoms with E-state index in [0.717, 1.165) is 4.48 Å². The van der Waals surface area contributed by atoms with Gasteiger partial charge in [-0.25, -0.2) is 4.39 Å². The summed E-state index contributed by atoms with van der Waals surface area (Å²) in [7, 11) is 0. The van der Waals surface area contributed by atoms with E-state index in [0.29, 0.717) is 0 Å². The van der Waals surface area contributed by atoms with Gasteiger partial charge in [0.25, 0.3) is 0 Å². The summed E-state index contributed by atoms with van der Waals surface area (Å²) in [6.07, 6.45) is 4.45. The fourth-order valence-electron chi connectivity index (χ4n) is 0.590. The van der Waals surface area contributed by atoms with Gasteiger partial charge in [0, 0.05) is 4.48 Å². The van der Waals surface area contributed by atoms with Crippen molar-refractivity contribution in [2.24, 2.45) is 0 Å². The molecule has 0 heterocycles. The SMILES string of the molecule is FC1C=C(Br)C=C[C@@H]1I. The van der Waals surface area contributed by atoms with Crippen molar-refractivity contribution < 1.29 is 4.39 Å². The fourth-order valence-corrected chi connectivity index (χ4v) is 1.41. The van der Waals surface area contributed by atoms with E-state index in [2.05, 4.69) is 38.5 Å². The van der Waals surface area contributed by atoms with Crippen LogP contribution in [-0.4, -0.2) is 10.1 Å². The van der Waals surface area contributed by atoms with Gasteiger partial charge in [-0.05, 0) is 6.08 Å². The molecular formula is C6H5BrFI. The summed E-state index contributed by atoms with van der Waals surface area (Å²) in [5.41, 5.74) is 0. The van der Waals surface area contributed by atoms with Crippen molar-refractivity contribution in [3.63, 3.8) is 0 Å². The highest BCUT2D eigenvalue weighted by molar-refractivity contribution is 14.1. The van der Waals surface area contributed by atoms with E-state index in [1.165, 1.54) is 0 Å². The Hall–Kier alpha value is 0.620. The first kappa shape index (κ1) is 7.72. The Morgan fingerprint density at radius 1 is 1.67 bits per heavy atom. The normalized spacial score (nSPS) is 34.3. The minimum Gasteiger partial charge on any atom is -0.241 e. The molecule has 0 N–H and O–H groups in total. The Morgan fingerprint density at radius 2 is 2.33 bits per heavy atom. The lowest BCUT2D eigenvalue weighted by atomic mass is 10.2. The lowest BCUT2D eigenvalue weighted by molar-refractivity contribution is 0.414. The summed E-state index contributed by atoms with van der Waals surface area (Å²) in [5, 5.41) is 0. The molecule has 0 saturated carbocycles. The summed E-state index contributed by atoms with van der Waals surface area (Å²) >= 11 is 5.25. The highest BCUT2D eigenvalue weighted by Gasteiger charge is 2.15. The van der Waals surface area contributed by atoms with Crippen LogP contribution in [0.4, 0.5) is 4.39 Å². The Kier molecular flexibility index (Phi) is 2.70. The molecule has 0 radical (unpaired) electrons. The summed E-state index contributed by atoms with van der Waals surface area (Å²) in [6.45, 7) is 0. The van der Waals surface area contributed by atoms with E-state index < -0.39 is 6.17 Å². The van der Waals surface area contributed by atoms with Gasteiger partial charge < -0.3 is 0 Å². The van der Waals surface area contributed by atoms with Crippen molar-refractivity contribution in [2.45, 2.75) is 10.1 Å². The van der Waals surface area contributed by atoms with E-state index in [-0.39, 0.29) is 3.92 Å². The van der Waals surface area contributed by atoms with Crippen LogP contribution in [0.3, 0.4) is 0 Å². The van der Waals surface area contributed by atoms with E-state index in [1.807, 2.05) is 12.2 Å². The molecule has 1 aliphatic rings. The third kappa shape index (κ3) is 2.04. The second-order valence-electron chi connectivity index (χ2n) is 1.80.